The van der Waals surface area contributed by atoms with Gasteiger partial charge in [-0.1, -0.05) is 11.6 Å². The van der Waals surface area contributed by atoms with Gasteiger partial charge in [0.15, 0.2) is 0 Å². The first-order valence-corrected chi connectivity index (χ1v) is 6.95. The second kappa shape index (κ2) is 6.38. The van der Waals surface area contributed by atoms with Crippen molar-refractivity contribution in [2.24, 2.45) is 5.73 Å². The van der Waals surface area contributed by atoms with Crippen LogP contribution in [0.1, 0.15) is 37.5 Å². The Kier molecular flexibility index (Phi) is 4.83. The van der Waals surface area contributed by atoms with E-state index in [0.717, 1.165) is 23.2 Å². The van der Waals surface area contributed by atoms with E-state index in [9.17, 15) is 0 Å². The van der Waals surface area contributed by atoms with Gasteiger partial charge < -0.3 is 15.5 Å². The summed E-state index contributed by atoms with van der Waals surface area (Å²) >= 11 is 3.47. The van der Waals surface area contributed by atoms with E-state index in [4.69, 9.17) is 10.2 Å². The summed E-state index contributed by atoms with van der Waals surface area (Å²) in [5, 5.41) is 3.45. The SMILES string of the molecule is NCC(NCCC1=CCCC1)c1occc1Br. The number of rotatable bonds is 6. The van der Waals surface area contributed by atoms with Crippen molar-refractivity contribution in [3.8, 4) is 0 Å². The van der Waals surface area contributed by atoms with Crippen molar-refractivity contribution >= 4 is 15.9 Å². The summed E-state index contributed by atoms with van der Waals surface area (Å²) in [6.45, 7) is 1.51. The first kappa shape index (κ1) is 12.9. The molecule has 4 heteroatoms. The molecule has 1 aliphatic carbocycles. The van der Waals surface area contributed by atoms with E-state index >= 15 is 0 Å². The van der Waals surface area contributed by atoms with Crippen LogP contribution in [0.5, 0.6) is 0 Å². The minimum absolute atomic E-state index is 0.0985. The van der Waals surface area contributed by atoms with Crippen molar-refractivity contribution in [3.63, 3.8) is 0 Å². The first-order chi connectivity index (χ1) is 8.31. The molecule has 0 aliphatic heterocycles. The van der Waals surface area contributed by atoms with Crippen LogP contribution in [0, 0.1) is 0 Å². The predicted octanol–water partition coefficient (Wildman–Crippen LogP) is 3.13. The molecule has 0 amide bonds. The van der Waals surface area contributed by atoms with Crippen LogP contribution in [0.15, 0.2) is 32.9 Å². The average Bonchev–Trinajstić information content (AvgIpc) is 2.96. The second-order valence-corrected chi connectivity index (χ2v) is 5.23. The molecular weight excluding hydrogens is 280 g/mol. The van der Waals surface area contributed by atoms with Crippen molar-refractivity contribution in [1.29, 1.82) is 0 Å². The Balaban J connectivity index is 1.82. The molecule has 0 saturated carbocycles. The smallest absolute Gasteiger partial charge is 0.136 e. The fraction of sp³-hybridized carbons (Fsp3) is 0.538. The number of furan rings is 1. The van der Waals surface area contributed by atoms with Crippen LogP contribution in [0.3, 0.4) is 0 Å². The lowest BCUT2D eigenvalue weighted by atomic mass is 10.1. The van der Waals surface area contributed by atoms with Gasteiger partial charge in [-0.2, -0.15) is 0 Å². The summed E-state index contributed by atoms with van der Waals surface area (Å²) in [5.41, 5.74) is 7.34. The van der Waals surface area contributed by atoms with Crippen LogP contribution >= 0.6 is 15.9 Å². The maximum atomic E-state index is 5.77. The monoisotopic (exact) mass is 298 g/mol. The van der Waals surface area contributed by atoms with Crippen LogP contribution < -0.4 is 11.1 Å². The van der Waals surface area contributed by atoms with Crippen LogP contribution in [0.2, 0.25) is 0 Å². The third kappa shape index (κ3) is 3.44. The molecule has 94 valence electrons. The van der Waals surface area contributed by atoms with Crippen molar-refractivity contribution in [3.05, 3.63) is 34.2 Å². The molecular formula is C13H19BrN2O. The summed E-state index contributed by atoms with van der Waals surface area (Å²) in [6.07, 6.45) is 9.00. The lowest BCUT2D eigenvalue weighted by Gasteiger charge is -2.15. The molecule has 1 aliphatic rings. The lowest BCUT2D eigenvalue weighted by molar-refractivity contribution is 0.416. The number of nitrogens with one attached hydrogen (secondary N) is 1. The van der Waals surface area contributed by atoms with E-state index in [-0.39, 0.29) is 6.04 Å². The fourth-order valence-electron chi connectivity index (χ4n) is 2.21. The standard InChI is InChI=1S/C13H19BrN2O/c14-11-6-8-17-13(11)12(9-15)16-7-5-10-3-1-2-4-10/h3,6,8,12,16H,1-2,4-5,7,9,15H2. The molecule has 1 aromatic rings. The van der Waals surface area contributed by atoms with Crippen molar-refractivity contribution in [2.45, 2.75) is 31.7 Å². The predicted molar refractivity (Wildman–Crippen MR) is 72.8 cm³/mol. The van der Waals surface area contributed by atoms with Gasteiger partial charge in [-0.15, -0.1) is 0 Å². The highest BCUT2D eigenvalue weighted by molar-refractivity contribution is 9.10. The summed E-state index contributed by atoms with van der Waals surface area (Å²) in [7, 11) is 0. The van der Waals surface area contributed by atoms with Crippen LogP contribution in [0.4, 0.5) is 0 Å². The minimum atomic E-state index is 0.0985. The second-order valence-electron chi connectivity index (χ2n) is 4.38. The van der Waals surface area contributed by atoms with E-state index in [1.165, 1.54) is 19.3 Å². The van der Waals surface area contributed by atoms with Gasteiger partial charge in [0.1, 0.15) is 5.76 Å². The van der Waals surface area contributed by atoms with E-state index < -0.39 is 0 Å². The molecule has 0 fully saturated rings. The molecule has 1 heterocycles. The number of hydrogen-bond acceptors (Lipinski definition) is 3. The Morgan fingerprint density at radius 3 is 3.00 bits per heavy atom. The number of nitrogens with two attached hydrogens (primary N) is 1. The normalized spacial score (nSPS) is 17.2. The maximum absolute atomic E-state index is 5.77. The Morgan fingerprint density at radius 1 is 1.53 bits per heavy atom. The molecule has 0 spiro atoms. The van der Waals surface area contributed by atoms with Gasteiger partial charge in [0, 0.05) is 6.54 Å². The van der Waals surface area contributed by atoms with Gasteiger partial charge in [0.2, 0.25) is 0 Å². The van der Waals surface area contributed by atoms with Gasteiger partial charge in [-0.25, -0.2) is 0 Å². The van der Waals surface area contributed by atoms with Gasteiger partial charge >= 0.3 is 0 Å². The molecule has 0 radical (unpaired) electrons. The molecule has 2 rings (SSSR count). The molecule has 1 unspecified atom stereocenters. The van der Waals surface area contributed by atoms with Crippen LogP contribution in [-0.4, -0.2) is 13.1 Å². The molecule has 0 saturated heterocycles. The van der Waals surface area contributed by atoms with Crippen molar-refractivity contribution in [1.82, 2.24) is 5.32 Å². The van der Waals surface area contributed by atoms with Crippen molar-refractivity contribution < 1.29 is 4.42 Å². The van der Waals surface area contributed by atoms with E-state index in [1.54, 1.807) is 11.8 Å². The zero-order valence-corrected chi connectivity index (χ0v) is 11.5. The minimum Gasteiger partial charge on any atom is -0.466 e. The molecule has 3 N–H and O–H groups in total. The third-order valence-electron chi connectivity index (χ3n) is 3.17. The van der Waals surface area contributed by atoms with Gasteiger partial charge in [-0.3, -0.25) is 0 Å². The molecule has 0 aromatic carbocycles. The summed E-state index contributed by atoms with van der Waals surface area (Å²) in [5.74, 6) is 0.896. The van der Waals surface area contributed by atoms with Crippen LogP contribution in [0.25, 0.3) is 0 Å². The maximum Gasteiger partial charge on any atom is 0.136 e. The van der Waals surface area contributed by atoms with Crippen molar-refractivity contribution in [2.75, 3.05) is 13.1 Å². The number of allylic oxidation sites excluding steroid dienone is 1. The lowest BCUT2D eigenvalue weighted by Crippen LogP contribution is -2.29. The molecule has 17 heavy (non-hydrogen) atoms. The summed E-state index contributed by atoms with van der Waals surface area (Å²) < 4.78 is 6.42. The van der Waals surface area contributed by atoms with E-state index in [0.29, 0.717) is 6.54 Å². The van der Waals surface area contributed by atoms with Gasteiger partial charge in [0.25, 0.3) is 0 Å². The van der Waals surface area contributed by atoms with E-state index in [1.807, 2.05) is 6.07 Å². The van der Waals surface area contributed by atoms with Gasteiger partial charge in [0.05, 0.1) is 16.8 Å². The Bertz CT molecular complexity index is 387. The zero-order valence-electron chi connectivity index (χ0n) is 9.92. The average molecular weight is 299 g/mol. The zero-order chi connectivity index (χ0) is 12.1. The Hall–Kier alpha value is -0.580. The number of hydrogen-bond donors (Lipinski definition) is 2. The fourth-order valence-corrected chi connectivity index (χ4v) is 2.69. The molecule has 1 aromatic heterocycles. The highest BCUT2D eigenvalue weighted by Crippen LogP contribution is 2.24. The summed E-state index contributed by atoms with van der Waals surface area (Å²) in [4.78, 5) is 0. The number of halogens is 1. The quantitative estimate of drug-likeness (QED) is 0.793. The Labute approximate surface area is 111 Å². The molecule has 0 bridgehead atoms. The highest BCUT2D eigenvalue weighted by atomic mass is 79.9. The van der Waals surface area contributed by atoms with E-state index in [2.05, 4.69) is 27.3 Å². The summed E-state index contributed by atoms with van der Waals surface area (Å²) in [6, 6.07) is 2.00. The molecule has 3 nitrogen and oxygen atoms in total. The largest absolute Gasteiger partial charge is 0.466 e. The van der Waals surface area contributed by atoms with Crippen LogP contribution in [-0.2, 0) is 0 Å². The third-order valence-corrected chi connectivity index (χ3v) is 3.82. The highest BCUT2D eigenvalue weighted by Gasteiger charge is 2.15. The Morgan fingerprint density at radius 2 is 2.41 bits per heavy atom. The topological polar surface area (TPSA) is 51.2 Å². The molecule has 1 atom stereocenters. The van der Waals surface area contributed by atoms with Gasteiger partial charge in [-0.05, 0) is 54.2 Å². The first-order valence-electron chi connectivity index (χ1n) is 6.15.